The van der Waals surface area contributed by atoms with Crippen molar-refractivity contribution in [2.75, 3.05) is 13.1 Å². The van der Waals surface area contributed by atoms with Crippen molar-refractivity contribution >= 4 is 23.4 Å². The number of carbonyl (C=O) groups is 2. The maximum Gasteiger partial charge on any atom is 0.344 e. The zero-order valence-electron chi connectivity index (χ0n) is 19.0. The molecule has 2 aliphatic rings. The molecule has 0 spiro atoms. The number of Topliss-reactive ketones (excluding diaryl/α,β-unsaturated/α-hetero) is 1. The average Bonchev–Trinajstić information content (AvgIpc) is 3.55. The number of hydrogen-bond acceptors (Lipinski definition) is 5. The molecule has 1 aliphatic heterocycles. The van der Waals surface area contributed by atoms with E-state index in [1.807, 2.05) is 41.3 Å². The number of nitrogens with zero attached hydrogens (tertiary/aromatic N) is 3. The van der Waals surface area contributed by atoms with E-state index in [0.717, 1.165) is 44.0 Å². The van der Waals surface area contributed by atoms with Gasteiger partial charge in [0, 0.05) is 43.8 Å². The molecular formula is C26H27ClN4O3. The summed E-state index contributed by atoms with van der Waals surface area (Å²) in [4.78, 5) is 26.1. The van der Waals surface area contributed by atoms with Crippen LogP contribution < -0.4 is 10.1 Å². The number of ether oxygens (including phenoxy) is 1. The Morgan fingerprint density at radius 3 is 2.21 bits per heavy atom. The van der Waals surface area contributed by atoms with Crippen LogP contribution >= 0.6 is 11.6 Å². The molecule has 8 heteroatoms. The zero-order chi connectivity index (χ0) is 23.7. The third-order valence-corrected chi connectivity index (χ3v) is 6.99. The standard InChI is InChI=1S/C26H27ClN4O3/c1-17(32)25-10-11-31(29-25)26(33)30-15-19-12-22(13-20(19)16-30)28-14-18-2-6-23(7-3-18)34-24-8-4-21(27)5-9-24/h2-11,19-20,22,28H,12-16H2,1H3/t19-,20+,22?. The minimum atomic E-state index is -0.146. The number of likely N-dealkylation sites (tertiary alicyclic amines) is 1. The van der Waals surface area contributed by atoms with Gasteiger partial charge in [-0.05, 0) is 72.7 Å². The van der Waals surface area contributed by atoms with Crippen molar-refractivity contribution in [2.45, 2.75) is 32.4 Å². The summed E-state index contributed by atoms with van der Waals surface area (Å²) in [5.74, 6) is 2.41. The molecular weight excluding hydrogens is 452 g/mol. The number of rotatable bonds is 6. The van der Waals surface area contributed by atoms with Gasteiger partial charge in [-0.25, -0.2) is 4.79 Å². The van der Waals surface area contributed by atoms with E-state index < -0.39 is 0 Å². The Kier molecular flexibility index (Phi) is 6.39. The maximum atomic E-state index is 12.7. The van der Waals surface area contributed by atoms with Gasteiger partial charge in [-0.1, -0.05) is 23.7 Å². The first kappa shape index (κ1) is 22.6. The van der Waals surface area contributed by atoms with Crippen LogP contribution in [-0.2, 0) is 6.54 Å². The molecule has 1 aromatic heterocycles. The number of nitrogens with one attached hydrogen (secondary N) is 1. The summed E-state index contributed by atoms with van der Waals surface area (Å²) in [7, 11) is 0. The summed E-state index contributed by atoms with van der Waals surface area (Å²) in [6, 6.07) is 17.3. The molecule has 1 amide bonds. The minimum Gasteiger partial charge on any atom is -0.457 e. The molecule has 2 heterocycles. The normalized spacial score (nSPS) is 21.5. The van der Waals surface area contributed by atoms with Gasteiger partial charge in [0.25, 0.3) is 0 Å². The van der Waals surface area contributed by atoms with Crippen LogP contribution in [0.1, 0.15) is 35.8 Å². The largest absolute Gasteiger partial charge is 0.457 e. The predicted octanol–water partition coefficient (Wildman–Crippen LogP) is 5.00. The van der Waals surface area contributed by atoms with Crippen LogP contribution in [0.3, 0.4) is 0 Å². The lowest BCUT2D eigenvalue weighted by Crippen LogP contribution is -2.35. The van der Waals surface area contributed by atoms with Crippen LogP contribution in [0.15, 0.2) is 60.8 Å². The summed E-state index contributed by atoms with van der Waals surface area (Å²) < 4.78 is 7.14. The van der Waals surface area contributed by atoms with E-state index >= 15 is 0 Å². The van der Waals surface area contributed by atoms with Crippen molar-refractivity contribution in [1.82, 2.24) is 20.0 Å². The molecule has 1 unspecified atom stereocenters. The zero-order valence-corrected chi connectivity index (χ0v) is 19.7. The first-order chi connectivity index (χ1) is 16.4. The van der Waals surface area contributed by atoms with Gasteiger partial charge in [-0.15, -0.1) is 0 Å². The fourth-order valence-corrected chi connectivity index (χ4v) is 5.09. The van der Waals surface area contributed by atoms with E-state index in [2.05, 4.69) is 22.5 Å². The van der Waals surface area contributed by atoms with Gasteiger partial charge in [0.1, 0.15) is 17.2 Å². The van der Waals surface area contributed by atoms with Crippen LogP contribution in [0.25, 0.3) is 0 Å². The molecule has 34 heavy (non-hydrogen) atoms. The van der Waals surface area contributed by atoms with Crippen LogP contribution in [0.4, 0.5) is 4.79 Å². The predicted molar refractivity (Wildman–Crippen MR) is 129 cm³/mol. The molecule has 1 N–H and O–H groups in total. The number of fused-ring (bicyclic) bond motifs is 1. The highest BCUT2D eigenvalue weighted by atomic mass is 35.5. The lowest BCUT2D eigenvalue weighted by molar-refractivity contribution is 0.101. The van der Waals surface area contributed by atoms with E-state index in [1.165, 1.54) is 17.2 Å². The molecule has 0 bridgehead atoms. The Morgan fingerprint density at radius 2 is 1.62 bits per heavy atom. The summed E-state index contributed by atoms with van der Waals surface area (Å²) in [6.45, 7) is 3.74. The minimum absolute atomic E-state index is 0.137. The lowest BCUT2D eigenvalue weighted by atomic mass is 10.0. The number of amides is 1. The molecule has 1 saturated carbocycles. The summed E-state index contributed by atoms with van der Waals surface area (Å²) >= 11 is 5.92. The van der Waals surface area contributed by atoms with Gasteiger partial charge in [0.2, 0.25) is 0 Å². The summed E-state index contributed by atoms with van der Waals surface area (Å²) in [5.41, 5.74) is 1.53. The first-order valence-electron chi connectivity index (χ1n) is 11.6. The van der Waals surface area contributed by atoms with Crippen molar-refractivity contribution in [3.63, 3.8) is 0 Å². The lowest BCUT2D eigenvalue weighted by Gasteiger charge is -2.19. The summed E-state index contributed by atoms with van der Waals surface area (Å²) in [5, 5.41) is 8.47. The average molecular weight is 479 g/mol. The Labute approximate surface area is 203 Å². The van der Waals surface area contributed by atoms with Crippen molar-refractivity contribution in [1.29, 1.82) is 0 Å². The second kappa shape index (κ2) is 9.60. The van der Waals surface area contributed by atoms with Gasteiger partial charge in [0.05, 0.1) is 0 Å². The maximum absolute atomic E-state index is 12.7. The molecule has 7 nitrogen and oxygen atoms in total. The SMILES string of the molecule is CC(=O)c1ccn(C(=O)N2C[C@H]3CC(NCc4ccc(Oc5ccc(Cl)cc5)cc4)C[C@H]3C2)n1. The first-order valence-corrected chi connectivity index (χ1v) is 11.9. The van der Waals surface area contributed by atoms with Gasteiger partial charge in [-0.2, -0.15) is 9.78 Å². The monoisotopic (exact) mass is 478 g/mol. The van der Waals surface area contributed by atoms with Gasteiger partial charge in [0.15, 0.2) is 5.78 Å². The third kappa shape index (κ3) is 5.00. The molecule has 2 fully saturated rings. The fourth-order valence-electron chi connectivity index (χ4n) is 4.96. The van der Waals surface area contributed by atoms with E-state index in [1.54, 1.807) is 12.3 Å². The number of ketones is 1. The highest BCUT2D eigenvalue weighted by Crippen LogP contribution is 2.38. The van der Waals surface area contributed by atoms with Crippen molar-refractivity contribution in [2.24, 2.45) is 11.8 Å². The second-order valence-corrected chi connectivity index (χ2v) is 9.60. The Morgan fingerprint density at radius 1 is 1.00 bits per heavy atom. The molecule has 1 saturated heterocycles. The third-order valence-electron chi connectivity index (χ3n) is 6.73. The van der Waals surface area contributed by atoms with Crippen LogP contribution in [0.2, 0.25) is 5.02 Å². The molecule has 3 atom stereocenters. The highest BCUT2D eigenvalue weighted by molar-refractivity contribution is 6.30. The molecule has 3 aromatic rings. The van der Waals surface area contributed by atoms with Gasteiger partial charge >= 0.3 is 6.03 Å². The Bertz CT molecular complexity index is 1160. The molecule has 176 valence electrons. The van der Waals surface area contributed by atoms with Crippen molar-refractivity contribution < 1.29 is 14.3 Å². The number of carbonyl (C=O) groups excluding carboxylic acids is 2. The van der Waals surface area contributed by atoms with E-state index in [0.29, 0.717) is 28.6 Å². The van der Waals surface area contributed by atoms with Gasteiger partial charge < -0.3 is 15.0 Å². The number of hydrogen-bond donors (Lipinski definition) is 1. The smallest absolute Gasteiger partial charge is 0.344 e. The number of benzene rings is 2. The Hall–Kier alpha value is -3.16. The van der Waals surface area contributed by atoms with Crippen LogP contribution in [-0.4, -0.2) is 45.6 Å². The second-order valence-electron chi connectivity index (χ2n) is 9.16. The van der Waals surface area contributed by atoms with Crippen LogP contribution in [0.5, 0.6) is 11.5 Å². The van der Waals surface area contributed by atoms with E-state index in [9.17, 15) is 9.59 Å². The molecule has 5 rings (SSSR count). The van der Waals surface area contributed by atoms with E-state index in [-0.39, 0.29) is 11.8 Å². The fraction of sp³-hybridized carbons (Fsp3) is 0.346. The molecule has 0 radical (unpaired) electrons. The molecule has 2 aromatic carbocycles. The summed E-state index contributed by atoms with van der Waals surface area (Å²) in [6.07, 6.45) is 3.69. The quantitative estimate of drug-likeness (QED) is 0.504. The van der Waals surface area contributed by atoms with Crippen molar-refractivity contribution in [3.8, 4) is 11.5 Å². The Balaban J connectivity index is 1.08. The number of aromatic nitrogens is 2. The molecule has 1 aliphatic carbocycles. The van der Waals surface area contributed by atoms with Gasteiger partial charge in [-0.3, -0.25) is 4.79 Å². The number of halogens is 1. The van der Waals surface area contributed by atoms with Crippen molar-refractivity contribution in [3.05, 3.63) is 77.1 Å². The topological polar surface area (TPSA) is 76.5 Å². The van der Waals surface area contributed by atoms with E-state index in [4.69, 9.17) is 16.3 Å². The highest BCUT2D eigenvalue weighted by Gasteiger charge is 2.42. The van der Waals surface area contributed by atoms with Crippen LogP contribution in [0, 0.1) is 11.8 Å².